The van der Waals surface area contributed by atoms with Gasteiger partial charge in [-0.1, -0.05) is 58.2 Å². The van der Waals surface area contributed by atoms with Crippen LogP contribution in [0.2, 0.25) is 5.02 Å². The molecule has 0 radical (unpaired) electrons. The van der Waals surface area contributed by atoms with Crippen LogP contribution in [-0.4, -0.2) is 46.1 Å². The maximum atomic E-state index is 12.7. The smallest absolute Gasteiger partial charge is 0.432 e. The third-order valence-corrected chi connectivity index (χ3v) is 6.37. The van der Waals surface area contributed by atoms with E-state index in [2.05, 4.69) is 38.2 Å². The SMILES string of the molecule is C/C(Cl)=C\N.C=CC.CCC(C)(NC(=O)c1cc2cc(Br)ccc2c(Cl)c1NC)C(=O)O.O=Cc1cc(C(F)(F)F)[nH]n1. The van der Waals surface area contributed by atoms with E-state index in [4.69, 9.17) is 28.9 Å². The van der Waals surface area contributed by atoms with Crippen LogP contribution in [-0.2, 0) is 11.0 Å². The Labute approximate surface area is 265 Å². The van der Waals surface area contributed by atoms with Crippen LogP contribution in [0.15, 0.2) is 58.7 Å². The zero-order chi connectivity index (χ0) is 33.5. The summed E-state index contributed by atoms with van der Waals surface area (Å²) >= 11 is 15.0. The number of alkyl halides is 3. The summed E-state index contributed by atoms with van der Waals surface area (Å²) in [4.78, 5) is 34.0. The molecule has 0 fully saturated rings. The predicted molar refractivity (Wildman–Crippen MR) is 169 cm³/mol. The number of aliphatic carboxylic acids is 1. The van der Waals surface area contributed by atoms with E-state index in [1.165, 1.54) is 13.1 Å². The van der Waals surface area contributed by atoms with Crippen molar-refractivity contribution in [2.24, 2.45) is 5.73 Å². The summed E-state index contributed by atoms with van der Waals surface area (Å²) in [6, 6.07) is 7.93. The number of anilines is 1. The van der Waals surface area contributed by atoms with E-state index < -0.39 is 29.3 Å². The normalized spacial score (nSPS) is 12.1. The van der Waals surface area contributed by atoms with Crippen LogP contribution in [0.4, 0.5) is 18.9 Å². The number of halogens is 6. The van der Waals surface area contributed by atoms with Gasteiger partial charge in [0.1, 0.15) is 16.9 Å². The zero-order valence-electron chi connectivity index (χ0n) is 24.0. The fraction of sp³-hybridized carbons (Fsp3) is 0.286. The van der Waals surface area contributed by atoms with Crippen LogP contribution in [0.3, 0.4) is 0 Å². The molecular weight excluding hydrogens is 678 g/mol. The molecule has 0 bridgehead atoms. The maximum absolute atomic E-state index is 12.7. The Balaban J connectivity index is 0.000000762. The molecule has 15 heteroatoms. The number of nitrogens with one attached hydrogen (secondary N) is 3. The van der Waals surface area contributed by atoms with Crippen LogP contribution in [0.5, 0.6) is 0 Å². The highest BCUT2D eigenvalue weighted by Crippen LogP contribution is 2.36. The number of fused-ring (bicyclic) bond motifs is 1. The van der Waals surface area contributed by atoms with E-state index in [1.54, 1.807) is 38.1 Å². The van der Waals surface area contributed by atoms with E-state index in [1.807, 2.05) is 25.1 Å². The first kappa shape index (κ1) is 39.5. The maximum Gasteiger partial charge on any atom is 0.432 e. The molecule has 236 valence electrons. The van der Waals surface area contributed by atoms with E-state index in [0.717, 1.165) is 15.2 Å². The Morgan fingerprint density at radius 1 is 1.26 bits per heavy atom. The highest BCUT2D eigenvalue weighted by molar-refractivity contribution is 9.10. The van der Waals surface area contributed by atoms with Crippen LogP contribution in [0, 0.1) is 0 Å². The number of aromatic amines is 1. The van der Waals surface area contributed by atoms with E-state index in [-0.39, 0.29) is 18.4 Å². The first-order valence-corrected chi connectivity index (χ1v) is 13.8. The molecule has 0 saturated heterocycles. The number of nitrogens with zero attached hydrogens (tertiary/aromatic N) is 1. The number of carboxylic acid groups (broad SMARTS) is 1. The summed E-state index contributed by atoms with van der Waals surface area (Å²) in [5.41, 5.74) is 3.03. The number of aldehydes is 1. The Kier molecular flexibility index (Phi) is 16.7. The lowest BCUT2D eigenvalue weighted by Crippen LogP contribution is -2.51. The van der Waals surface area contributed by atoms with E-state index in [9.17, 15) is 32.7 Å². The third-order valence-electron chi connectivity index (χ3n) is 5.36. The molecule has 9 nitrogen and oxygen atoms in total. The number of benzene rings is 2. The molecule has 2 aromatic carbocycles. The molecule has 0 aliphatic carbocycles. The van der Waals surface area contributed by atoms with Gasteiger partial charge in [-0.25, -0.2) is 4.79 Å². The number of carbonyl (C=O) groups excluding carboxylic acids is 2. The summed E-state index contributed by atoms with van der Waals surface area (Å²) in [6.45, 7) is 10.2. The van der Waals surface area contributed by atoms with Gasteiger partial charge in [-0.05, 0) is 56.8 Å². The van der Waals surface area contributed by atoms with Crippen molar-refractivity contribution in [2.75, 3.05) is 12.4 Å². The van der Waals surface area contributed by atoms with E-state index in [0.29, 0.717) is 27.4 Å². The largest absolute Gasteiger partial charge is 0.480 e. The van der Waals surface area contributed by atoms with Gasteiger partial charge in [0.2, 0.25) is 0 Å². The quantitative estimate of drug-likeness (QED) is 0.130. The van der Waals surface area contributed by atoms with Crippen molar-refractivity contribution in [1.82, 2.24) is 15.5 Å². The molecule has 0 aliphatic rings. The Morgan fingerprint density at radius 2 is 1.81 bits per heavy atom. The summed E-state index contributed by atoms with van der Waals surface area (Å²) in [5, 5.41) is 22.3. The summed E-state index contributed by atoms with van der Waals surface area (Å²) in [5.74, 6) is -1.58. The lowest BCUT2D eigenvalue weighted by molar-refractivity contribution is -0.144. The number of carboxylic acids is 1. The number of rotatable bonds is 6. The molecule has 0 aliphatic heterocycles. The number of allylic oxidation sites excluding steroid dienone is 2. The second-order valence-electron chi connectivity index (χ2n) is 8.66. The van der Waals surface area contributed by atoms with E-state index >= 15 is 0 Å². The lowest BCUT2D eigenvalue weighted by Gasteiger charge is -2.25. The van der Waals surface area contributed by atoms with Crippen molar-refractivity contribution in [2.45, 2.75) is 45.8 Å². The van der Waals surface area contributed by atoms with Crippen LogP contribution in [0.25, 0.3) is 10.8 Å². The van der Waals surface area contributed by atoms with Gasteiger partial charge in [-0.2, -0.15) is 18.3 Å². The molecule has 1 atom stereocenters. The monoisotopic (exact) mass is 709 g/mol. The minimum Gasteiger partial charge on any atom is -0.480 e. The fourth-order valence-corrected chi connectivity index (χ4v) is 3.66. The molecule has 1 heterocycles. The van der Waals surface area contributed by atoms with Crippen molar-refractivity contribution in [3.63, 3.8) is 0 Å². The first-order valence-electron chi connectivity index (χ1n) is 12.3. The zero-order valence-corrected chi connectivity index (χ0v) is 27.1. The highest BCUT2D eigenvalue weighted by atomic mass is 79.9. The Bertz CT molecular complexity index is 1440. The number of aromatic nitrogens is 2. The number of hydrogen-bond acceptors (Lipinski definition) is 6. The van der Waals surface area contributed by atoms with Crippen molar-refractivity contribution in [3.8, 4) is 0 Å². The van der Waals surface area contributed by atoms with Gasteiger partial charge in [0, 0.05) is 28.1 Å². The standard InChI is InChI=1S/C17H18BrClN2O3.C5H3F3N2O.C3H6ClN.C3H6/c1-4-17(2,16(23)24)21-15(22)12-8-9-7-10(18)5-6-11(9)13(19)14(12)20-3;6-5(7,8)4-1-3(2-11)9-10-4;1-3(4)2-5;1-3-2/h5-8,20H,4H2,1-3H3,(H,21,22)(H,23,24);1-2H,(H,9,10);2H,5H2,1H3;3H,1H2,2H3/b;;3-2+;. The fourth-order valence-electron chi connectivity index (χ4n) is 2.91. The predicted octanol–water partition coefficient (Wildman–Crippen LogP) is 7.76. The number of hydrogen-bond donors (Lipinski definition) is 5. The second-order valence-corrected chi connectivity index (χ2v) is 10.5. The van der Waals surface area contributed by atoms with Gasteiger partial charge in [-0.15, -0.1) is 6.58 Å². The summed E-state index contributed by atoms with van der Waals surface area (Å²) < 4.78 is 36.1. The first-order chi connectivity index (χ1) is 20.0. The molecule has 1 amide bonds. The van der Waals surface area contributed by atoms with Gasteiger partial charge >= 0.3 is 12.1 Å². The number of H-pyrrole nitrogens is 1. The number of nitrogens with two attached hydrogens (primary N) is 1. The van der Waals surface area contributed by atoms with Crippen LogP contribution in [0.1, 0.15) is 60.7 Å². The summed E-state index contributed by atoms with van der Waals surface area (Å²) in [7, 11) is 1.67. The Morgan fingerprint density at radius 3 is 2.19 bits per heavy atom. The summed E-state index contributed by atoms with van der Waals surface area (Å²) in [6.07, 6.45) is -0.864. The second kappa shape index (κ2) is 18.2. The average Bonchev–Trinajstić information content (AvgIpc) is 3.44. The molecule has 1 unspecified atom stereocenters. The molecule has 1 aromatic heterocycles. The number of amides is 1. The van der Waals surface area contributed by atoms with Gasteiger partial charge in [0.25, 0.3) is 5.91 Å². The van der Waals surface area contributed by atoms with Crippen molar-refractivity contribution in [3.05, 3.63) is 80.7 Å². The molecule has 0 saturated carbocycles. The third kappa shape index (κ3) is 12.3. The molecule has 3 rings (SSSR count). The van der Waals surface area contributed by atoms with Crippen molar-refractivity contribution >= 4 is 73.8 Å². The number of carbonyl (C=O) groups is 3. The van der Waals surface area contributed by atoms with Gasteiger partial charge in [-0.3, -0.25) is 14.7 Å². The van der Waals surface area contributed by atoms with Gasteiger partial charge in [0.05, 0.1) is 16.3 Å². The van der Waals surface area contributed by atoms with Gasteiger partial charge in [0.15, 0.2) is 6.29 Å². The average molecular weight is 711 g/mol. The molecule has 6 N–H and O–H groups in total. The topological polar surface area (TPSA) is 150 Å². The van der Waals surface area contributed by atoms with Crippen LogP contribution >= 0.6 is 39.1 Å². The van der Waals surface area contributed by atoms with Gasteiger partial charge < -0.3 is 21.5 Å². The minimum atomic E-state index is -4.46. The van der Waals surface area contributed by atoms with Crippen molar-refractivity contribution in [1.29, 1.82) is 0 Å². The molecule has 3 aromatic rings. The highest BCUT2D eigenvalue weighted by Gasteiger charge is 2.34. The lowest BCUT2D eigenvalue weighted by atomic mass is 9.97. The molecule has 43 heavy (non-hydrogen) atoms. The Hall–Kier alpha value is -3.55. The minimum absolute atomic E-state index is 0.242. The molecular formula is C28H33BrCl2F3N5O4. The molecule has 0 spiro atoms. The van der Waals surface area contributed by atoms with Crippen LogP contribution < -0.4 is 16.4 Å². The van der Waals surface area contributed by atoms with Crippen molar-refractivity contribution < 1.29 is 32.7 Å².